The van der Waals surface area contributed by atoms with Crippen molar-refractivity contribution in [3.8, 4) is 11.8 Å². The first-order chi connectivity index (χ1) is 7.64. The van der Waals surface area contributed by atoms with Crippen LogP contribution in [-0.2, 0) is 4.74 Å². The molecule has 0 spiro atoms. The van der Waals surface area contributed by atoms with Crippen molar-refractivity contribution in [3.63, 3.8) is 0 Å². The van der Waals surface area contributed by atoms with Crippen molar-refractivity contribution in [2.75, 3.05) is 7.11 Å². The third-order valence-corrected chi connectivity index (χ3v) is 3.96. The van der Waals surface area contributed by atoms with E-state index >= 15 is 0 Å². The number of methoxy groups -OCH3 is 1. The lowest BCUT2D eigenvalue weighted by Crippen LogP contribution is -2.51. The van der Waals surface area contributed by atoms with E-state index in [0.717, 1.165) is 31.6 Å². The second-order valence-corrected chi connectivity index (χ2v) is 5.02. The number of nitrogens with two attached hydrogens (primary N) is 1. The van der Waals surface area contributed by atoms with Gasteiger partial charge in [-0.05, 0) is 44.9 Å². The summed E-state index contributed by atoms with van der Waals surface area (Å²) in [5.41, 5.74) is 6.21. The second-order valence-electron chi connectivity index (χ2n) is 5.02. The van der Waals surface area contributed by atoms with Crippen LogP contribution in [0.25, 0.3) is 0 Å². The maximum Gasteiger partial charge on any atom is 0.0829 e. The van der Waals surface area contributed by atoms with Gasteiger partial charge in [-0.2, -0.15) is 0 Å². The summed E-state index contributed by atoms with van der Waals surface area (Å²) >= 11 is 0. The maximum atomic E-state index is 6.29. The summed E-state index contributed by atoms with van der Waals surface area (Å²) in [6.07, 6.45) is 6.51. The summed E-state index contributed by atoms with van der Waals surface area (Å²) in [6, 6.07) is 0.130. The van der Waals surface area contributed by atoms with Gasteiger partial charge >= 0.3 is 0 Å². The molecule has 2 N–H and O–H groups in total. The van der Waals surface area contributed by atoms with Gasteiger partial charge in [0, 0.05) is 19.6 Å². The Morgan fingerprint density at radius 3 is 2.56 bits per heavy atom. The Balaban J connectivity index is 2.53. The molecular formula is C14H25NO. The minimum Gasteiger partial charge on any atom is -0.377 e. The van der Waals surface area contributed by atoms with Crippen LogP contribution < -0.4 is 5.73 Å². The number of hydrogen-bond acceptors (Lipinski definition) is 2. The molecule has 1 atom stereocenters. The molecule has 1 saturated carbocycles. The molecule has 0 bridgehead atoms. The molecule has 1 fully saturated rings. The topological polar surface area (TPSA) is 35.2 Å². The standard InChI is InChI=1S/C14H25NO/c1-4-5-6-7-13(15)14(16-3)10-8-12(2)9-11-14/h12-13H,6-11,15H2,1-3H3. The smallest absolute Gasteiger partial charge is 0.0829 e. The molecule has 92 valence electrons. The van der Waals surface area contributed by atoms with Crippen LogP contribution >= 0.6 is 0 Å². The second kappa shape index (κ2) is 6.27. The highest BCUT2D eigenvalue weighted by atomic mass is 16.5. The SMILES string of the molecule is CC#CCCC(N)C1(OC)CCC(C)CC1. The van der Waals surface area contributed by atoms with Gasteiger partial charge in [0.25, 0.3) is 0 Å². The van der Waals surface area contributed by atoms with Gasteiger partial charge in [0.2, 0.25) is 0 Å². The fourth-order valence-corrected chi connectivity index (χ4v) is 2.59. The van der Waals surface area contributed by atoms with E-state index in [1.807, 2.05) is 6.92 Å². The fourth-order valence-electron chi connectivity index (χ4n) is 2.59. The van der Waals surface area contributed by atoms with Crippen LogP contribution in [0.15, 0.2) is 0 Å². The van der Waals surface area contributed by atoms with Crippen molar-refractivity contribution >= 4 is 0 Å². The van der Waals surface area contributed by atoms with Gasteiger partial charge in [0.05, 0.1) is 5.60 Å². The molecule has 2 nitrogen and oxygen atoms in total. The first-order valence-electron chi connectivity index (χ1n) is 6.35. The Morgan fingerprint density at radius 2 is 2.06 bits per heavy atom. The molecule has 0 aromatic rings. The van der Waals surface area contributed by atoms with E-state index in [0.29, 0.717) is 0 Å². The van der Waals surface area contributed by atoms with Crippen LogP contribution in [0.4, 0.5) is 0 Å². The van der Waals surface area contributed by atoms with E-state index in [4.69, 9.17) is 10.5 Å². The third-order valence-electron chi connectivity index (χ3n) is 3.96. The van der Waals surface area contributed by atoms with Crippen LogP contribution in [0, 0.1) is 17.8 Å². The van der Waals surface area contributed by atoms with Gasteiger partial charge in [-0.25, -0.2) is 0 Å². The van der Waals surface area contributed by atoms with Gasteiger partial charge in [-0.15, -0.1) is 11.8 Å². The molecule has 1 rings (SSSR count). The minimum absolute atomic E-state index is 0.0814. The van der Waals surface area contributed by atoms with E-state index in [9.17, 15) is 0 Å². The summed E-state index contributed by atoms with van der Waals surface area (Å²) in [6.45, 7) is 4.19. The average molecular weight is 223 g/mol. The summed E-state index contributed by atoms with van der Waals surface area (Å²) in [7, 11) is 1.81. The normalized spacial score (nSPS) is 31.6. The lowest BCUT2D eigenvalue weighted by atomic mass is 9.74. The van der Waals surface area contributed by atoms with E-state index in [-0.39, 0.29) is 11.6 Å². The highest BCUT2D eigenvalue weighted by Crippen LogP contribution is 2.37. The van der Waals surface area contributed by atoms with Crippen molar-refractivity contribution in [1.29, 1.82) is 0 Å². The number of ether oxygens (including phenoxy) is 1. The highest BCUT2D eigenvalue weighted by Gasteiger charge is 2.39. The van der Waals surface area contributed by atoms with E-state index in [1.54, 1.807) is 7.11 Å². The number of rotatable bonds is 4. The molecule has 0 aromatic carbocycles. The Kier molecular flexibility index (Phi) is 5.31. The van der Waals surface area contributed by atoms with Crippen molar-refractivity contribution in [1.82, 2.24) is 0 Å². The van der Waals surface area contributed by atoms with Crippen LogP contribution in [0.3, 0.4) is 0 Å². The van der Waals surface area contributed by atoms with E-state index in [1.165, 1.54) is 12.8 Å². The Labute approximate surface area is 99.9 Å². The Bertz CT molecular complexity index is 256. The van der Waals surface area contributed by atoms with E-state index in [2.05, 4.69) is 18.8 Å². The average Bonchev–Trinajstić information content (AvgIpc) is 2.31. The zero-order valence-electron chi connectivity index (χ0n) is 10.9. The summed E-state index contributed by atoms with van der Waals surface area (Å²) in [5, 5.41) is 0. The zero-order chi connectivity index (χ0) is 12.0. The molecule has 0 radical (unpaired) electrons. The monoisotopic (exact) mass is 223 g/mol. The van der Waals surface area contributed by atoms with Gasteiger partial charge in [0.15, 0.2) is 0 Å². The Hall–Kier alpha value is -0.520. The molecule has 0 aromatic heterocycles. The fraction of sp³-hybridized carbons (Fsp3) is 0.857. The summed E-state index contributed by atoms with van der Waals surface area (Å²) in [5.74, 6) is 6.82. The predicted octanol–water partition coefficient (Wildman–Crippen LogP) is 2.71. The zero-order valence-corrected chi connectivity index (χ0v) is 10.9. The lowest BCUT2D eigenvalue weighted by Gasteiger charge is -2.42. The molecule has 0 aliphatic heterocycles. The lowest BCUT2D eigenvalue weighted by molar-refractivity contribution is -0.0673. The molecule has 1 aliphatic rings. The molecule has 0 amide bonds. The van der Waals surface area contributed by atoms with Crippen molar-refractivity contribution in [2.24, 2.45) is 11.7 Å². The summed E-state index contributed by atoms with van der Waals surface area (Å²) < 4.78 is 5.75. The molecule has 2 heteroatoms. The maximum absolute atomic E-state index is 6.29. The highest BCUT2D eigenvalue weighted by molar-refractivity contribution is 5.00. The molecule has 1 unspecified atom stereocenters. The minimum atomic E-state index is -0.0814. The first kappa shape index (κ1) is 13.5. The summed E-state index contributed by atoms with van der Waals surface area (Å²) in [4.78, 5) is 0. The third kappa shape index (κ3) is 3.23. The van der Waals surface area contributed by atoms with Crippen LogP contribution in [-0.4, -0.2) is 18.8 Å². The van der Waals surface area contributed by atoms with Gasteiger partial charge in [-0.1, -0.05) is 6.92 Å². The largest absolute Gasteiger partial charge is 0.377 e. The molecule has 0 saturated heterocycles. The number of hydrogen-bond donors (Lipinski definition) is 1. The van der Waals surface area contributed by atoms with Gasteiger partial charge in [0.1, 0.15) is 0 Å². The Morgan fingerprint density at radius 1 is 1.44 bits per heavy atom. The molecule has 0 heterocycles. The van der Waals surface area contributed by atoms with Crippen molar-refractivity contribution in [2.45, 2.75) is 64.0 Å². The van der Waals surface area contributed by atoms with Crippen LogP contribution in [0.1, 0.15) is 52.4 Å². The molecular weight excluding hydrogens is 198 g/mol. The van der Waals surface area contributed by atoms with E-state index < -0.39 is 0 Å². The van der Waals surface area contributed by atoms with Crippen LogP contribution in [0.2, 0.25) is 0 Å². The van der Waals surface area contributed by atoms with Gasteiger partial charge in [-0.3, -0.25) is 0 Å². The van der Waals surface area contributed by atoms with Crippen molar-refractivity contribution < 1.29 is 4.74 Å². The predicted molar refractivity (Wildman–Crippen MR) is 68.0 cm³/mol. The molecule has 16 heavy (non-hydrogen) atoms. The molecule has 1 aliphatic carbocycles. The van der Waals surface area contributed by atoms with Crippen molar-refractivity contribution in [3.05, 3.63) is 0 Å². The van der Waals surface area contributed by atoms with Crippen LogP contribution in [0.5, 0.6) is 0 Å². The quantitative estimate of drug-likeness (QED) is 0.744. The first-order valence-corrected chi connectivity index (χ1v) is 6.35. The van der Waals surface area contributed by atoms with Gasteiger partial charge < -0.3 is 10.5 Å².